The molecule has 106 valence electrons. The Hall–Kier alpha value is -1.32. The Labute approximate surface area is 116 Å². The van der Waals surface area contributed by atoms with Crippen LogP contribution in [0.1, 0.15) is 52.8 Å². The molecule has 3 unspecified atom stereocenters. The van der Waals surface area contributed by atoms with Crippen LogP contribution in [0, 0.1) is 11.8 Å². The van der Waals surface area contributed by atoms with Gasteiger partial charge in [0.1, 0.15) is 17.5 Å². The Bertz CT molecular complexity index is 444. The quantitative estimate of drug-likeness (QED) is 0.890. The molecular weight excluding hydrogens is 236 g/mol. The van der Waals surface area contributed by atoms with Crippen molar-refractivity contribution in [3.05, 3.63) is 11.9 Å². The number of nitrogen functional groups attached to an aromatic ring is 1. The molecule has 4 nitrogen and oxygen atoms in total. The first-order valence-corrected chi connectivity index (χ1v) is 7.29. The zero-order chi connectivity index (χ0) is 14.2. The smallest absolute Gasteiger partial charge is 0.135 e. The second kappa shape index (κ2) is 5.35. The van der Waals surface area contributed by atoms with Crippen molar-refractivity contribution < 1.29 is 0 Å². The molecule has 19 heavy (non-hydrogen) atoms. The van der Waals surface area contributed by atoms with E-state index < -0.39 is 0 Å². The Balaban J connectivity index is 2.34. The average Bonchev–Trinajstić information content (AvgIpc) is 2.32. The highest BCUT2D eigenvalue weighted by Crippen LogP contribution is 2.31. The number of nitrogens with zero attached hydrogens (tertiary/aromatic N) is 3. The number of piperidine rings is 1. The van der Waals surface area contributed by atoms with Crippen molar-refractivity contribution in [1.29, 1.82) is 0 Å². The first-order valence-electron chi connectivity index (χ1n) is 7.29. The summed E-state index contributed by atoms with van der Waals surface area (Å²) in [4.78, 5) is 11.4. The van der Waals surface area contributed by atoms with Crippen molar-refractivity contribution in [2.45, 2.75) is 53.0 Å². The van der Waals surface area contributed by atoms with E-state index in [1.165, 1.54) is 6.42 Å². The van der Waals surface area contributed by atoms with Gasteiger partial charge in [-0.2, -0.15) is 0 Å². The molecule has 0 aromatic carbocycles. The molecule has 1 aromatic rings. The molecule has 4 heteroatoms. The SMILES string of the molecule is CC1CC(C)C(C)N(c2cc(N)nc(C(C)C)n2)C1. The Kier molecular flexibility index (Phi) is 3.97. The van der Waals surface area contributed by atoms with E-state index in [1.807, 2.05) is 6.07 Å². The number of hydrogen-bond donors (Lipinski definition) is 1. The lowest BCUT2D eigenvalue weighted by Crippen LogP contribution is -2.46. The van der Waals surface area contributed by atoms with Crippen LogP contribution in [0.2, 0.25) is 0 Å². The molecule has 3 atom stereocenters. The number of rotatable bonds is 2. The fourth-order valence-corrected chi connectivity index (χ4v) is 2.89. The average molecular weight is 262 g/mol. The minimum atomic E-state index is 0.303. The van der Waals surface area contributed by atoms with Gasteiger partial charge in [0, 0.05) is 24.6 Å². The maximum Gasteiger partial charge on any atom is 0.135 e. The Morgan fingerprint density at radius 1 is 1.26 bits per heavy atom. The van der Waals surface area contributed by atoms with Crippen molar-refractivity contribution in [3.8, 4) is 0 Å². The molecule has 1 fully saturated rings. The monoisotopic (exact) mass is 262 g/mol. The summed E-state index contributed by atoms with van der Waals surface area (Å²) in [6, 6.07) is 2.41. The molecule has 0 radical (unpaired) electrons. The summed E-state index contributed by atoms with van der Waals surface area (Å²) in [6.07, 6.45) is 1.29. The van der Waals surface area contributed by atoms with Gasteiger partial charge in [0.25, 0.3) is 0 Å². The number of hydrogen-bond acceptors (Lipinski definition) is 4. The molecule has 1 aromatic heterocycles. The standard InChI is InChI=1S/C15H26N4/c1-9(2)15-17-13(16)7-14(18-15)19-8-10(3)6-11(4)12(19)5/h7,9-12H,6,8H2,1-5H3,(H2,16,17,18). The van der Waals surface area contributed by atoms with E-state index in [2.05, 4.69) is 44.5 Å². The highest BCUT2D eigenvalue weighted by Gasteiger charge is 2.30. The minimum Gasteiger partial charge on any atom is -0.384 e. The van der Waals surface area contributed by atoms with E-state index in [-0.39, 0.29) is 0 Å². The molecule has 1 aliphatic heterocycles. The molecule has 0 amide bonds. The number of aromatic nitrogens is 2. The molecule has 0 bridgehead atoms. The molecule has 0 aliphatic carbocycles. The number of nitrogens with two attached hydrogens (primary N) is 1. The van der Waals surface area contributed by atoms with Crippen molar-refractivity contribution >= 4 is 11.6 Å². The van der Waals surface area contributed by atoms with Crippen LogP contribution < -0.4 is 10.6 Å². The van der Waals surface area contributed by atoms with E-state index in [9.17, 15) is 0 Å². The van der Waals surface area contributed by atoms with Gasteiger partial charge in [-0.1, -0.05) is 27.7 Å². The number of anilines is 2. The summed E-state index contributed by atoms with van der Waals surface area (Å²) < 4.78 is 0. The normalized spacial score (nSPS) is 27.9. The van der Waals surface area contributed by atoms with E-state index in [1.54, 1.807) is 0 Å². The van der Waals surface area contributed by atoms with Crippen molar-refractivity contribution in [1.82, 2.24) is 9.97 Å². The summed E-state index contributed by atoms with van der Waals surface area (Å²) in [5.41, 5.74) is 5.94. The van der Waals surface area contributed by atoms with E-state index >= 15 is 0 Å². The van der Waals surface area contributed by atoms with Gasteiger partial charge < -0.3 is 10.6 Å². The van der Waals surface area contributed by atoms with Crippen molar-refractivity contribution in [2.24, 2.45) is 11.8 Å². The van der Waals surface area contributed by atoms with Crippen LogP contribution >= 0.6 is 0 Å². The Morgan fingerprint density at radius 2 is 1.95 bits per heavy atom. The largest absolute Gasteiger partial charge is 0.384 e. The van der Waals surface area contributed by atoms with Crippen LogP contribution in [0.5, 0.6) is 0 Å². The second-order valence-electron chi connectivity index (χ2n) is 6.38. The third-order valence-electron chi connectivity index (χ3n) is 4.16. The molecule has 2 N–H and O–H groups in total. The Morgan fingerprint density at radius 3 is 2.58 bits per heavy atom. The fraction of sp³-hybridized carbons (Fsp3) is 0.733. The molecule has 0 spiro atoms. The van der Waals surface area contributed by atoms with Crippen LogP contribution in [-0.2, 0) is 0 Å². The maximum absolute atomic E-state index is 5.94. The zero-order valence-electron chi connectivity index (χ0n) is 12.7. The van der Waals surface area contributed by atoms with Crippen LogP contribution in [-0.4, -0.2) is 22.6 Å². The van der Waals surface area contributed by atoms with Crippen molar-refractivity contribution in [2.75, 3.05) is 17.2 Å². The summed E-state index contributed by atoms with van der Waals surface area (Å²) in [6.45, 7) is 12.2. The predicted octanol–water partition coefficient (Wildman–Crippen LogP) is 3.05. The lowest BCUT2D eigenvalue weighted by molar-refractivity contribution is 0.295. The highest BCUT2D eigenvalue weighted by molar-refractivity contribution is 5.48. The van der Waals surface area contributed by atoms with Gasteiger partial charge in [0.05, 0.1) is 0 Å². The fourth-order valence-electron chi connectivity index (χ4n) is 2.89. The van der Waals surface area contributed by atoms with Gasteiger partial charge in [-0.25, -0.2) is 9.97 Å². The summed E-state index contributed by atoms with van der Waals surface area (Å²) >= 11 is 0. The summed E-state index contributed by atoms with van der Waals surface area (Å²) in [7, 11) is 0. The van der Waals surface area contributed by atoms with Crippen molar-refractivity contribution in [3.63, 3.8) is 0 Å². The minimum absolute atomic E-state index is 0.303. The third-order valence-corrected chi connectivity index (χ3v) is 4.16. The van der Waals surface area contributed by atoms with Crippen LogP contribution in [0.3, 0.4) is 0 Å². The van der Waals surface area contributed by atoms with Gasteiger partial charge in [0.15, 0.2) is 0 Å². The van der Waals surface area contributed by atoms with Crippen LogP contribution in [0.15, 0.2) is 6.07 Å². The molecule has 1 saturated heterocycles. The highest BCUT2D eigenvalue weighted by atomic mass is 15.2. The van der Waals surface area contributed by atoms with E-state index in [4.69, 9.17) is 10.7 Å². The third kappa shape index (κ3) is 2.99. The first-order chi connectivity index (χ1) is 8.88. The van der Waals surface area contributed by atoms with Crippen LogP contribution in [0.25, 0.3) is 0 Å². The lowest BCUT2D eigenvalue weighted by atomic mass is 9.86. The molecule has 0 saturated carbocycles. The molecule has 1 aliphatic rings. The summed E-state index contributed by atoms with van der Waals surface area (Å²) in [5, 5.41) is 0. The van der Waals surface area contributed by atoms with E-state index in [0.717, 1.165) is 18.2 Å². The van der Waals surface area contributed by atoms with Gasteiger partial charge in [-0.3, -0.25) is 0 Å². The van der Waals surface area contributed by atoms with Gasteiger partial charge in [-0.15, -0.1) is 0 Å². The van der Waals surface area contributed by atoms with Crippen LogP contribution in [0.4, 0.5) is 11.6 Å². The first kappa shape index (κ1) is 14.1. The molecule has 2 heterocycles. The zero-order valence-corrected chi connectivity index (χ0v) is 12.7. The lowest BCUT2D eigenvalue weighted by Gasteiger charge is -2.42. The maximum atomic E-state index is 5.94. The van der Waals surface area contributed by atoms with Gasteiger partial charge in [0.2, 0.25) is 0 Å². The topological polar surface area (TPSA) is 55.0 Å². The molecule has 2 rings (SSSR count). The predicted molar refractivity (Wildman–Crippen MR) is 80.3 cm³/mol. The van der Waals surface area contributed by atoms with E-state index in [0.29, 0.717) is 29.6 Å². The molecular formula is C15H26N4. The summed E-state index contributed by atoms with van der Waals surface area (Å²) in [5.74, 6) is 4.09. The second-order valence-corrected chi connectivity index (χ2v) is 6.38. The van der Waals surface area contributed by atoms with Gasteiger partial charge >= 0.3 is 0 Å². The van der Waals surface area contributed by atoms with Gasteiger partial charge in [-0.05, 0) is 25.2 Å².